The molecule has 1 amide bonds. The Hall–Kier alpha value is -1.59. The summed E-state index contributed by atoms with van der Waals surface area (Å²) >= 11 is 9.36. The molecule has 0 heterocycles. The van der Waals surface area contributed by atoms with Crippen molar-refractivity contribution in [3.8, 4) is 0 Å². The van der Waals surface area contributed by atoms with Gasteiger partial charge in [-0.3, -0.25) is 4.79 Å². The fourth-order valence-electron chi connectivity index (χ4n) is 1.67. The smallest absolute Gasteiger partial charge is 0.248 e. The minimum atomic E-state index is -0.521. The van der Waals surface area contributed by atoms with Gasteiger partial charge in [-0.2, -0.15) is 0 Å². The Balaban J connectivity index is 2.13. The summed E-state index contributed by atoms with van der Waals surface area (Å²) in [5, 5.41) is 3.58. The van der Waals surface area contributed by atoms with Gasteiger partial charge in [0.05, 0.1) is 0 Å². The molecule has 104 valence electrons. The molecule has 0 bridgehead atoms. The molecule has 0 saturated heterocycles. The van der Waals surface area contributed by atoms with E-state index in [0.29, 0.717) is 21.6 Å². The van der Waals surface area contributed by atoms with E-state index in [-0.39, 0.29) is 5.82 Å². The van der Waals surface area contributed by atoms with E-state index in [1.165, 1.54) is 18.2 Å². The first-order chi connectivity index (χ1) is 9.47. The van der Waals surface area contributed by atoms with Crippen LogP contribution in [0.2, 0.25) is 5.02 Å². The number of halogens is 3. The molecule has 6 heteroatoms. The number of carbonyl (C=O) groups is 1. The maximum atomic E-state index is 13.0. The predicted molar refractivity (Wildman–Crippen MR) is 81.4 cm³/mol. The second-order valence-corrected chi connectivity index (χ2v) is 5.41. The standard InChI is InChI=1S/C14H11BrClFN2O/c15-11-6-10(17)3-4-13(11)19-7-9-2-1-8(14(18)20)5-12(9)16/h1-6,19H,7H2,(H2,18,20). The average Bonchev–Trinajstić information content (AvgIpc) is 2.38. The number of nitrogens with one attached hydrogen (secondary N) is 1. The van der Waals surface area contributed by atoms with Crippen LogP contribution in [0.25, 0.3) is 0 Å². The maximum Gasteiger partial charge on any atom is 0.248 e. The minimum absolute atomic E-state index is 0.314. The summed E-state index contributed by atoms with van der Waals surface area (Å²) in [7, 11) is 0. The Morgan fingerprint density at radius 2 is 2.05 bits per heavy atom. The average molecular weight is 358 g/mol. The van der Waals surface area contributed by atoms with Crippen LogP contribution in [0.3, 0.4) is 0 Å². The van der Waals surface area contributed by atoms with E-state index in [1.54, 1.807) is 18.2 Å². The molecule has 0 saturated carbocycles. The number of carbonyl (C=O) groups excluding carboxylic acids is 1. The molecule has 0 aliphatic carbocycles. The highest BCUT2D eigenvalue weighted by molar-refractivity contribution is 9.10. The molecule has 2 rings (SSSR count). The Kier molecular flexibility index (Phi) is 4.62. The lowest BCUT2D eigenvalue weighted by atomic mass is 10.1. The molecule has 0 unspecified atom stereocenters. The van der Waals surface area contributed by atoms with Gasteiger partial charge >= 0.3 is 0 Å². The van der Waals surface area contributed by atoms with Crippen LogP contribution >= 0.6 is 27.5 Å². The topological polar surface area (TPSA) is 55.1 Å². The number of amides is 1. The van der Waals surface area contributed by atoms with E-state index in [1.807, 2.05) is 0 Å². The van der Waals surface area contributed by atoms with Gasteiger partial charge in [-0.1, -0.05) is 17.7 Å². The van der Waals surface area contributed by atoms with Crippen LogP contribution < -0.4 is 11.1 Å². The first-order valence-electron chi connectivity index (χ1n) is 5.74. The minimum Gasteiger partial charge on any atom is -0.380 e. The van der Waals surface area contributed by atoms with Crippen molar-refractivity contribution in [1.29, 1.82) is 0 Å². The first-order valence-corrected chi connectivity index (χ1v) is 6.91. The van der Waals surface area contributed by atoms with Crippen molar-refractivity contribution in [2.24, 2.45) is 5.73 Å². The van der Waals surface area contributed by atoms with Gasteiger partial charge in [0, 0.05) is 27.3 Å². The van der Waals surface area contributed by atoms with Crippen LogP contribution in [0.4, 0.5) is 10.1 Å². The lowest BCUT2D eigenvalue weighted by Crippen LogP contribution is -2.11. The van der Waals surface area contributed by atoms with Gasteiger partial charge in [-0.05, 0) is 51.8 Å². The number of benzene rings is 2. The highest BCUT2D eigenvalue weighted by atomic mass is 79.9. The monoisotopic (exact) mass is 356 g/mol. The molecule has 0 aliphatic heterocycles. The van der Waals surface area contributed by atoms with E-state index in [0.717, 1.165) is 11.3 Å². The Morgan fingerprint density at radius 1 is 1.30 bits per heavy atom. The summed E-state index contributed by atoms with van der Waals surface area (Å²) in [6.07, 6.45) is 0. The lowest BCUT2D eigenvalue weighted by Gasteiger charge is -2.10. The Labute approximate surface area is 129 Å². The summed E-state index contributed by atoms with van der Waals surface area (Å²) in [6, 6.07) is 9.24. The van der Waals surface area contributed by atoms with Crippen molar-refractivity contribution < 1.29 is 9.18 Å². The van der Waals surface area contributed by atoms with Crippen LogP contribution in [0.1, 0.15) is 15.9 Å². The molecule has 0 radical (unpaired) electrons. The number of hydrogen-bond acceptors (Lipinski definition) is 2. The van der Waals surface area contributed by atoms with E-state index in [9.17, 15) is 9.18 Å². The molecule has 20 heavy (non-hydrogen) atoms. The third-order valence-corrected chi connectivity index (χ3v) is 3.75. The van der Waals surface area contributed by atoms with Crippen molar-refractivity contribution in [3.63, 3.8) is 0 Å². The molecule has 0 atom stereocenters. The highest BCUT2D eigenvalue weighted by Gasteiger charge is 2.07. The predicted octanol–water partition coefficient (Wildman–Crippen LogP) is 3.95. The van der Waals surface area contributed by atoms with Crippen LogP contribution in [-0.4, -0.2) is 5.91 Å². The number of nitrogens with two attached hydrogens (primary N) is 1. The zero-order valence-corrected chi connectivity index (χ0v) is 12.6. The van der Waals surface area contributed by atoms with Crippen LogP contribution in [0.5, 0.6) is 0 Å². The van der Waals surface area contributed by atoms with Gasteiger partial charge in [-0.25, -0.2) is 4.39 Å². The van der Waals surface area contributed by atoms with Gasteiger partial charge < -0.3 is 11.1 Å². The summed E-state index contributed by atoms with van der Waals surface area (Å²) in [4.78, 5) is 11.0. The second-order valence-electron chi connectivity index (χ2n) is 4.15. The van der Waals surface area contributed by atoms with Crippen molar-refractivity contribution in [2.75, 3.05) is 5.32 Å². The summed E-state index contributed by atoms with van der Waals surface area (Å²) in [5.41, 5.74) is 7.10. The first kappa shape index (κ1) is 14.8. The molecular formula is C14H11BrClFN2O. The lowest BCUT2D eigenvalue weighted by molar-refractivity contribution is 0.100. The third kappa shape index (κ3) is 3.49. The highest BCUT2D eigenvalue weighted by Crippen LogP contribution is 2.25. The molecule has 0 fully saturated rings. The molecule has 0 spiro atoms. The maximum absolute atomic E-state index is 13.0. The molecular weight excluding hydrogens is 347 g/mol. The van der Waals surface area contributed by atoms with Crippen molar-refractivity contribution in [3.05, 3.63) is 62.8 Å². The van der Waals surface area contributed by atoms with E-state index >= 15 is 0 Å². The number of primary amides is 1. The normalized spacial score (nSPS) is 10.3. The fourth-order valence-corrected chi connectivity index (χ4v) is 2.41. The summed E-state index contributed by atoms with van der Waals surface area (Å²) in [6.45, 7) is 0.447. The number of rotatable bonds is 4. The molecule has 3 nitrogen and oxygen atoms in total. The Bertz CT molecular complexity index is 664. The third-order valence-electron chi connectivity index (χ3n) is 2.74. The molecule has 2 aromatic carbocycles. The van der Waals surface area contributed by atoms with Crippen LogP contribution in [0, 0.1) is 5.82 Å². The number of hydrogen-bond donors (Lipinski definition) is 2. The van der Waals surface area contributed by atoms with Crippen LogP contribution in [-0.2, 0) is 6.54 Å². The van der Waals surface area contributed by atoms with Crippen LogP contribution in [0.15, 0.2) is 40.9 Å². The molecule has 3 N–H and O–H groups in total. The fraction of sp³-hybridized carbons (Fsp3) is 0.0714. The quantitative estimate of drug-likeness (QED) is 0.870. The molecule has 0 aromatic heterocycles. The van der Waals surface area contributed by atoms with Gasteiger partial charge in [0.2, 0.25) is 5.91 Å². The van der Waals surface area contributed by atoms with Gasteiger partial charge in [0.1, 0.15) is 5.82 Å². The second kappa shape index (κ2) is 6.24. The summed E-state index contributed by atoms with van der Waals surface area (Å²) < 4.78 is 13.6. The zero-order chi connectivity index (χ0) is 14.7. The van der Waals surface area contributed by atoms with E-state index in [4.69, 9.17) is 17.3 Å². The molecule has 2 aromatic rings. The van der Waals surface area contributed by atoms with Gasteiger partial charge in [0.15, 0.2) is 0 Å². The van der Waals surface area contributed by atoms with Gasteiger partial charge in [-0.15, -0.1) is 0 Å². The number of anilines is 1. The van der Waals surface area contributed by atoms with Crippen molar-refractivity contribution >= 4 is 39.1 Å². The summed E-state index contributed by atoms with van der Waals surface area (Å²) in [5.74, 6) is -0.834. The zero-order valence-electron chi connectivity index (χ0n) is 10.3. The van der Waals surface area contributed by atoms with E-state index in [2.05, 4.69) is 21.2 Å². The molecule has 0 aliphatic rings. The van der Waals surface area contributed by atoms with E-state index < -0.39 is 5.91 Å². The SMILES string of the molecule is NC(=O)c1ccc(CNc2ccc(F)cc2Br)c(Cl)c1. The van der Waals surface area contributed by atoms with Gasteiger partial charge in [0.25, 0.3) is 0 Å². The van der Waals surface area contributed by atoms with Crippen molar-refractivity contribution in [2.45, 2.75) is 6.54 Å². The Morgan fingerprint density at radius 3 is 2.65 bits per heavy atom. The van der Waals surface area contributed by atoms with Crippen molar-refractivity contribution in [1.82, 2.24) is 0 Å². The largest absolute Gasteiger partial charge is 0.380 e.